The van der Waals surface area contributed by atoms with Crippen molar-refractivity contribution in [2.45, 2.75) is 12.8 Å². The Labute approximate surface area is 162 Å². The summed E-state index contributed by atoms with van der Waals surface area (Å²) >= 11 is 0. The highest BCUT2D eigenvalue weighted by molar-refractivity contribution is 7.92. The molecule has 2 aromatic rings. The second-order valence-electron chi connectivity index (χ2n) is 6.21. The number of nitrogens with one attached hydrogen (secondary N) is 3. The molecule has 0 saturated carbocycles. The summed E-state index contributed by atoms with van der Waals surface area (Å²) < 4.78 is 26.4. The molecule has 10 heteroatoms. The van der Waals surface area contributed by atoms with E-state index in [1.807, 2.05) is 22.9 Å². The van der Waals surface area contributed by atoms with Gasteiger partial charge in [-0.05, 0) is 42.7 Å². The summed E-state index contributed by atoms with van der Waals surface area (Å²) in [4.78, 5) is 23.1. The fourth-order valence-corrected chi connectivity index (χ4v) is 3.95. The highest BCUT2D eigenvalue weighted by Gasteiger charge is 2.35. The van der Waals surface area contributed by atoms with Gasteiger partial charge in [0.15, 0.2) is 0 Å². The molecular formula is C18H20N4O5S. The molecule has 1 aliphatic heterocycles. The number of phenolic OH excluding ortho intramolecular Hbond substituents is 1. The first-order chi connectivity index (χ1) is 13.3. The van der Waals surface area contributed by atoms with Crippen LogP contribution >= 0.6 is 0 Å². The lowest BCUT2D eigenvalue weighted by Crippen LogP contribution is -2.29. The number of carbonyl (C=O) groups is 2. The van der Waals surface area contributed by atoms with Crippen molar-refractivity contribution in [3.63, 3.8) is 0 Å². The summed E-state index contributed by atoms with van der Waals surface area (Å²) in [5, 5.41) is 15.6. The molecule has 1 fully saturated rings. The van der Waals surface area contributed by atoms with Gasteiger partial charge < -0.3 is 15.7 Å². The van der Waals surface area contributed by atoms with Gasteiger partial charge in [-0.25, -0.2) is 13.8 Å². The zero-order valence-corrected chi connectivity index (χ0v) is 15.7. The van der Waals surface area contributed by atoms with Crippen molar-refractivity contribution in [2.24, 2.45) is 0 Å². The smallest absolute Gasteiger partial charge is 0.326 e. The Morgan fingerprint density at radius 3 is 2.57 bits per heavy atom. The lowest BCUT2D eigenvalue weighted by Gasteiger charge is -2.16. The van der Waals surface area contributed by atoms with Crippen molar-refractivity contribution in [3.05, 3.63) is 54.1 Å². The predicted octanol–water partition coefficient (Wildman–Crippen LogP) is 1.33. The lowest BCUT2D eigenvalue weighted by molar-refractivity contribution is -0.117. The van der Waals surface area contributed by atoms with E-state index in [4.69, 9.17) is 0 Å². The van der Waals surface area contributed by atoms with E-state index in [2.05, 4.69) is 10.6 Å². The van der Waals surface area contributed by atoms with Crippen molar-refractivity contribution >= 4 is 33.5 Å². The van der Waals surface area contributed by atoms with E-state index in [1.54, 1.807) is 18.2 Å². The van der Waals surface area contributed by atoms with Gasteiger partial charge in [0.25, 0.3) is 5.91 Å². The van der Waals surface area contributed by atoms with Crippen LogP contribution in [0.5, 0.6) is 5.75 Å². The minimum atomic E-state index is -3.96. The van der Waals surface area contributed by atoms with Crippen LogP contribution in [0.4, 0.5) is 16.2 Å². The van der Waals surface area contributed by atoms with Gasteiger partial charge >= 0.3 is 16.2 Å². The zero-order chi connectivity index (χ0) is 20.1. The Bertz CT molecular complexity index is 979. The van der Waals surface area contributed by atoms with E-state index >= 15 is 0 Å². The van der Waals surface area contributed by atoms with Crippen LogP contribution in [0, 0.1) is 0 Å². The standard InChI is InChI=1S/C18H20N4O5S/c23-16-11-13(8-9-15(16)22-12-17(24)21-28(22,26)27)5-4-10-19-18(25)20-14-6-2-1-3-7-14/h1-3,6-9,11,23H,4-5,10,12H2,(H,21,24)(H2,19,20,25). The van der Waals surface area contributed by atoms with Crippen LogP contribution in [-0.4, -0.2) is 38.6 Å². The Hall–Kier alpha value is -3.27. The Balaban J connectivity index is 1.50. The van der Waals surface area contributed by atoms with Gasteiger partial charge in [0.05, 0.1) is 5.69 Å². The van der Waals surface area contributed by atoms with Crippen LogP contribution < -0.4 is 19.7 Å². The van der Waals surface area contributed by atoms with Crippen molar-refractivity contribution in [3.8, 4) is 5.75 Å². The van der Waals surface area contributed by atoms with Gasteiger partial charge in [0.2, 0.25) is 0 Å². The molecule has 2 aromatic carbocycles. The average Bonchev–Trinajstić information content (AvgIpc) is 2.92. The summed E-state index contributed by atoms with van der Waals surface area (Å²) in [5.74, 6) is -0.879. The molecule has 1 saturated heterocycles. The van der Waals surface area contributed by atoms with Crippen LogP contribution in [-0.2, 0) is 21.4 Å². The number of aromatic hydroxyl groups is 1. The number of hydrogen-bond donors (Lipinski definition) is 4. The third kappa shape index (κ3) is 4.71. The van der Waals surface area contributed by atoms with Crippen LogP contribution in [0.15, 0.2) is 48.5 Å². The molecule has 9 nitrogen and oxygen atoms in total. The fraction of sp³-hybridized carbons (Fsp3) is 0.222. The predicted molar refractivity (Wildman–Crippen MR) is 104 cm³/mol. The molecule has 1 aliphatic rings. The van der Waals surface area contributed by atoms with Crippen molar-refractivity contribution in [1.29, 1.82) is 0 Å². The molecule has 0 atom stereocenters. The molecule has 148 valence electrons. The van der Waals surface area contributed by atoms with Gasteiger partial charge in [-0.1, -0.05) is 24.3 Å². The highest BCUT2D eigenvalue weighted by atomic mass is 32.2. The Morgan fingerprint density at radius 1 is 1.18 bits per heavy atom. The number of amides is 3. The van der Waals surface area contributed by atoms with Crippen molar-refractivity contribution < 1.29 is 23.1 Å². The first-order valence-electron chi connectivity index (χ1n) is 8.60. The molecule has 0 unspecified atom stereocenters. The molecule has 3 amide bonds. The van der Waals surface area contributed by atoms with Gasteiger partial charge in [0.1, 0.15) is 12.3 Å². The number of hydrogen-bond acceptors (Lipinski definition) is 5. The average molecular weight is 404 g/mol. The number of urea groups is 1. The number of anilines is 2. The number of nitrogens with zero attached hydrogens (tertiary/aromatic N) is 1. The highest BCUT2D eigenvalue weighted by Crippen LogP contribution is 2.31. The maximum atomic E-state index is 11.9. The molecular weight excluding hydrogens is 384 g/mol. The Kier molecular flexibility index (Phi) is 5.69. The SMILES string of the molecule is O=C1CN(c2ccc(CCCNC(=O)Nc3ccccc3)cc2O)S(=O)(=O)N1. The third-order valence-corrected chi connectivity index (χ3v) is 5.48. The summed E-state index contributed by atoms with van der Waals surface area (Å²) in [6, 6.07) is 13.4. The van der Waals surface area contributed by atoms with Gasteiger partial charge in [-0.15, -0.1) is 0 Å². The first-order valence-corrected chi connectivity index (χ1v) is 10.0. The van der Waals surface area contributed by atoms with Crippen LogP contribution in [0.25, 0.3) is 0 Å². The largest absolute Gasteiger partial charge is 0.506 e. The monoisotopic (exact) mass is 404 g/mol. The Morgan fingerprint density at radius 2 is 1.93 bits per heavy atom. The van der Waals surface area contributed by atoms with Crippen LogP contribution in [0.1, 0.15) is 12.0 Å². The summed E-state index contributed by atoms with van der Waals surface area (Å²) in [6.45, 7) is 0.0653. The molecule has 0 spiro atoms. The van der Waals surface area contributed by atoms with E-state index in [9.17, 15) is 23.1 Å². The van der Waals surface area contributed by atoms with E-state index in [0.717, 1.165) is 9.87 Å². The minimum Gasteiger partial charge on any atom is -0.506 e. The molecule has 4 N–H and O–H groups in total. The van der Waals surface area contributed by atoms with Gasteiger partial charge in [0, 0.05) is 12.2 Å². The van der Waals surface area contributed by atoms with E-state index < -0.39 is 16.1 Å². The molecule has 3 rings (SSSR count). The van der Waals surface area contributed by atoms with Crippen LogP contribution in [0.3, 0.4) is 0 Å². The lowest BCUT2D eigenvalue weighted by atomic mass is 10.1. The van der Waals surface area contributed by atoms with E-state index in [1.165, 1.54) is 12.1 Å². The summed E-state index contributed by atoms with van der Waals surface area (Å²) in [5.41, 5.74) is 1.52. The summed E-state index contributed by atoms with van der Waals surface area (Å²) in [6.07, 6.45) is 1.20. The minimum absolute atomic E-state index is 0.0439. The molecule has 0 aliphatic carbocycles. The number of rotatable bonds is 6. The molecule has 1 heterocycles. The number of phenols is 1. The van der Waals surface area contributed by atoms with E-state index in [-0.39, 0.29) is 24.0 Å². The van der Waals surface area contributed by atoms with Crippen molar-refractivity contribution in [2.75, 3.05) is 22.7 Å². The molecule has 0 bridgehead atoms. The fourth-order valence-electron chi connectivity index (χ4n) is 2.79. The molecule has 0 radical (unpaired) electrons. The second kappa shape index (κ2) is 8.17. The number of carbonyl (C=O) groups excluding carboxylic acids is 2. The summed E-state index contributed by atoms with van der Waals surface area (Å²) in [7, 11) is -3.96. The maximum absolute atomic E-state index is 11.9. The van der Waals surface area contributed by atoms with Crippen molar-refractivity contribution in [1.82, 2.24) is 10.0 Å². The number of benzene rings is 2. The topological polar surface area (TPSA) is 128 Å². The third-order valence-electron chi connectivity index (χ3n) is 4.09. The zero-order valence-electron chi connectivity index (χ0n) is 14.9. The normalized spacial score (nSPS) is 15.1. The maximum Gasteiger partial charge on any atom is 0.326 e. The number of aryl methyl sites for hydroxylation is 1. The second-order valence-corrected chi connectivity index (χ2v) is 7.81. The molecule has 28 heavy (non-hydrogen) atoms. The van der Waals surface area contributed by atoms with Gasteiger partial charge in [-0.2, -0.15) is 8.42 Å². The van der Waals surface area contributed by atoms with Gasteiger partial charge in [-0.3, -0.25) is 4.79 Å². The van der Waals surface area contributed by atoms with E-state index in [0.29, 0.717) is 25.1 Å². The first kappa shape index (κ1) is 19.5. The molecule has 0 aromatic heterocycles. The van der Waals surface area contributed by atoms with Crippen LogP contribution in [0.2, 0.25) is 0 Å². The quantitative estimate of drug-likeness (QED) is 0.540. The number of para-hydroxylation sites is 1.